The summed E-state index contributed by atoms with van der Waals surface area (Å²) in [4.78, 5) is 0.989. The molecule has 0 aliphatic carbocycles. The van der Waals surface area contributed by atoms with E-state index >= 15 is 0 Å². The molecule has 0 radical (unpaired) electrons. The van der Waals surface area contributed by atoms with Gasteiger partial charge in [0.15, 0.2) is 0 Å². The average molecular weight is 251 g/mol. The number of nitrogens with two attached hydrogens (primary N) is 2. The van der Waals surface area contributed by atoms with Gasteiger partial charge in [0.2, 0.25) is 0 Å². The molecule has 2 atom stereocenters. The highest BCUT2D eigenvalue weighted by Crippen LogP contribution is 2.27. The highest BCUT2D eigenvalue weighted by molar-refractivity contribution is 9.11. The molecule has 0 saturated heterocycles. The van der Waals surface area contributed by atoms with Crippen LogP contribution in [0.3, 0.4) is 0 Å². The maximum absolute atomic E-state index is 8.76. The van der Waals surface area contributed by atoms with Crippen molar-refractivity contribution >= 4 is 27.3 Å². The van der Waals surface area contributed by atoms with Crippen LogP contribution in [0, 0.1) is 0 Å². The molecule has 3 nitrogen and oxygen atoms in total. The molecule has 2 unspecified atom stereocenters. The van der Waals surface area contributed by atoms with E-state index in [2.05, 4.69) is 15.9 Å². The standard InChI is InChI=1S/C7H11BrN2OS/c8-6-2-1-5(12-6)7(10)4(9)3-11/h1-2,4,7,11H,3,9-10H2. The van der Waals surface area contributed by atoms with Crippen molar-refractivity contribution in [1.82, 2.24) is 0 Å². The molecule has 0 amide bonds. The summed E-state index contributed by atoms with van der Waals surface area (Å²) in [6.45, 7) is -0.0866. The molecule has 0 saturated carbocycles. The number of aliphatic hydroxyl groups is 1. The number of hydrogen-bond acceptors (Lipinski definition) is 4. The van der Waals surface area contributed by atoms with Crippen molar-refractivity contribution in [3.63, 3.8) is 0 Å². The van der Waals surface area contributed by atoms with Crippen molar-refractivity contribution in [2.24, 2.45) is 11.5 Å². The molecule has 0 spiro atoms. The summed E-state index contributed by atoms with van der Waals surface area (Å²) >= 11 is 4.87. The van der Waals surface area contributed by atoms with Gasteiger partial charge in [-0.15, -0.1) is 11.3 Å². The Labute approximate surface area is 83.5 Å². The molecule has 5 heteroatoms. The third-order valence-electron chi connectivity index (χ3n) is 1.59. The fourth-order valence-corrected chi connectivity index (χ4v) is 2.33. The lowest BCUT2D eigenvalue weighted by Crippen LogP contribution is -2.36. The largest absolute Gasteiger partial charge is 0.395 e. The van der Waals surface area contributed by atoms with Gasteiger partial charge in [0.1, 0.15) is 0 Å². The topological polar surface area (TPSA) is 72.3 Å². The monoisotopic (exact) mass is 250 g/mol. The maximum Gasteiger partial charge on any atom is 0.0702 e. The maximum atomic E-state index is 8.76. The van der Waals surface area contributed by atoms with E-state index < -0.39 is 0 Å². The molecule has 68 valence electrons. The smallest absolute Gasteiger partial charge is 0.0702 e. The van der Waals surface area contributed by atoms with E-state index in [9.17, 15) is 0 Å². The molecule has 1 rings (SSSR count). The lowest BCUT2D eigenvalue weighted by atomic mass is 10.1. The van der Waals surface area contributed by atoms with Gasteiger partial charge in [-0.1, -0.05) is 0 Å². The quantitative estimate of drug-likeness (QED) is 0.745. The van der Waals surface area contributed by atoms with Gasteiger partial charge in [0.25, 0.3) is 0 Å². The Morgan fingerprint density at radius 1 is 1.50 bits per heavy atom. The van der Waals surface area contributed by atoms with Crippen molar-refractivity contribution in [1.29, 1.82) is 0 Å². The Hall–Kier alpha value is 0.0600. The van der Waals surface area contributed by atoms with Crippen LogP contribution in [-0.4, -0.2) is 17.8 Å². The van der Waals surface area contributed by atoms with Gasteiger partial charge in [0.05, 0.1) is 16.4 Å². The van der Waals surface area contributed by atoms with Crippen molar-refractivity contribution < 1.29 is 5.11 Å². The van der Waals surface area contributed by atoms with Crippen LogP contribution < -0.4 is 11.5 Å². The van der Waals surface area contributed by atoms with Crippen LogP contribution in [0.4, 0.5) is 0 Å². The van der Waals surface area contributed by atoms with Crippen LogP contribution in [0.15, 0.2) is 15.9 Å². The van der Waals surface area contributed by atoms with Gasteiger partial charge in [-0.3, -0.25) is 0 Å². The fraction of sp³-hybridized carbons (Fsp3) is 0.429. The molecule has 1 heterocycles. The van der Waals surface area contributed by atoms with Crippen LogP contribution in [0.5, 0.6) is 0 Å². The fourth-order valence-electron chi connectivity index (χ4n) is 0.832. The summed E-state index contributed by atoms with van der Waals surface area (Å²) in [5.74, 6) is 0. The minimum Gasteiger partial charge on any atom is -0.395 e. The molecule has 0 aliphatic rings. The molecule has 0 aliphatic heterocycles. The van der Waals surface area contributed by atoms with Crippen molar-refractivity contribution in [3.05, 3.63) is 20.8 Å². The van der Waals surface area contributed by atoms with E-state index in [1.54, 1.807) is 11.3 Å². The highest BCUT2D eigenvalue weighted by atomic mass is 79.9. The van der Waals surface area contributed by atoms with Crippen molar-refractivity contribution in [2.45, 2.75) is 12.1 Å². The van der Waals surface area contributed by atoms with Crippen LogP contribution in [0.1, 0.15) is 10.9 Å². The minimum absolute atomic E-state index is 0.0866. The highest BCUT2D eigenvalue weighted by Gasteiger charge is 2.15. The molecule has 0 aromatic carbocycles. The lowest BCUT2D eigenvalue weighted by molar-refractivity contribution is 0.250. The van der Waals surface area contributed by atoms with E-state index in [1.807, 2.05) is 12.1 Å². The third kappa shape index (κ3) is 2.27. The molecular weight excluding hydrogens is 240 g/mol. The normalized spacial score (nSPS) is 16.0. The van der Waals surface area contributed by atoms with E-state index in [0.717, 1.165) is 8.66 Å². The number of halogens is 1. The summed E-state index contributed by atoms with van der Waals surface area (Å²) in [5.41, 5.74) is 11.3. The van der Waals surface area contributed by atoms with Gasteiger partial charge < -0.3 is 16.6 Å². The van der Waals surface area contributed by atoms with Gasteiger partial charge in [-0.05, 0) is 28.1 Å². The second kappa shape index (κ2) is 4.34. The van der Waals surface area contributed by atoms with Crippen molar-refractivity contribution in [2.75, 3.05) is 6.61 Å². The molecule has 12 heavy (non-hydrogen) atoms. The van der Waals surface area contributed by atoms with Gasteiger partial charge in [-0.25, -0.2) is 0 Å². The van der Waals surface area contributed by atoms with Crippen LogP contribution in [0.25, 0.3) is 0 Å². The Balaban J connectivity index is 2.70. The summed E-state index contributed by atoms with van der Waals surface area (Å²) in [7, 11) is 0. The first-order chi connectivity index (χ1) is 5.65. The summed E-state index contributed by atoms with van der Waals surface area (Å²) < 4.78 is 1.03. The second-order valence-corrected chi connectivity index (χ2v) is 5.01. The predicted octanol–water partition coefficient (Wildman–Crippen LogP) is 0.830. The number of aliphatic hydroxyl groups excluding tert-OH is 1. The van der Waals surface area contributed by atoms with Gasteiger partial charge >= 0.3 is 0 Å². The van der Waals surface area contributed by atoms with Gasteiger partial charge in [0, 0.05) is 10.9 Å². The Bertz CT molecular complexity index is 253. The van der Waals surface area contributed by atoms with Crippen LogP contribution in [-0.2, 0) is 0 Å². The molecule has 1 aromatic heterocycles. The molecule has 5 N–H and O–H groups in total. The summed E-state index contributed by atoms with van der Waals surface area (Å²) in [5, 5.41) is 8.76. The molecular formula is C7H11BrN2OS. The SMILES string of the molecule is NC(CO)C(N)c1ccc(Br)s1. The zero-order valence-corrected chi connectivity index (χ0v) is 8.81. The van der Waals surface area contributed by atoms with Crippen molar-refractivity contribution in [3.8, 4) is 0 Å². The third-order valence-corrected chi connectivity index (χ3v) is 3.32. The van der Waals surface area contributed by atoms with Gasteiger partial charge in [-0.2, -0.15) is 0 Å². The zero-order chi connectivity index (χ0) is 9.14. The summed E-state index contributed by atoms with van der Waals surface area (Å²) in [6, 6.07) is 3.18. The Morgan fingerprint density at radius 2 is 2.17 bits per heavy atom. The summed E-state index contributed by atoms with van der Waals surface area (Å²) in [6.07, 6.45) is 0. The lowest BCUT2D eigenvalue weighted by Gasteiger charge is -2.15. The first-order valence-electron chi connectivity index (χ1n) is 3.52. The van der Waals surface area contributed by atoms with E-state index in [-0.39, 0.29) is 18.7 Å². The molecule has 1 aromatic rings. The Kier molecular flexibility index (Phi) is 3.67. The second-order valence-electron chi connectivity index (χ2n) is 2.51. The minimum atomic E-state index is -0.379. The van der Waals surface area contributed by atoms with Crippen LogP contribution in [0.2, 0.25) is 0 Å². The Morgan fingerprint density at radius 3 is 2.58 bits per heavy atom. The molecule has 0 bridgehead atoms. The van der Waals surface area contributed by atoms with E-state index in [1.165, 1.54) is 0 Å². The van der Waals surface area contributed by atoms with E-state index in [0.29, 0.717) is 0 Å². The predicted molar refractivity (Wildman–Crippen MR) is 54.0 cm³/mol. The number of hydrogen-bond donors (Lipinski definition) is 3. The van der Waals surface area contributed by atoms with Crippen LogP contribution >= 0.6 is 27.3 Å². The number of rotatable bonds is 3. The molecule has 0 fully saturated rings. The van der Waals surface area contributed by atoms with E-state index in [4.69, 9.17) is 16.6 Å². The first kappa shape index (κ1) is 10.1. The number of thiophene rings is 1. The average Bonchev–Trinajstić information content (AvgIpc) is 2.49. The zero-order valence-electron chi connectivity index (χ0n) is 6.40. The first-order valence-corrected chi connectivity index (χ1v) is 5.13.